The third-order valence-corrected chi connectivity index (χ3v) is 3.34. The van der Waals surface area contributed by atoms with Gasteiger partial charge in [0.1, 0.15) is 6.33 Å². The fourth-order valence-electron chi connectivity index (χ4n) is 2.07. The van der Waals surface area contributed by atoms with Crippen molar-refractivity contribution < 1.29 is 14.7 Å². The summed E-state index contributed by atoms with van der Waals surface area (Å²) in [6, 6.07) is 9.33. The summed E-state index contributed by atoms with van der Waals surface area (Å²) in [5, 5.41) is 11.9. The van der Waals surface area contributed by atoms with Gasteiger partial charge in [0.15, 0.2) is 0 Å². The summed E-state index contributed by atoms with van der Waals surface area (Å²) in [5.41, 5.74) is 1.83. The van der Waals surface area contributed by atoms with Gasteiger partial charge in [-0.1, -0.05) is 30.3 Å². The highest BCUT2D eigenvalue weighted by Crippen LogP contribution is 2.09. The Labute approximate surface area is 128 Å². The summed E-state index contributed by atoms with van der Waals surface area (Å²) in [5.74, 6) is -1.99. The summed E-state index contributed by atoms with van der Waals surface area (Å²) < 4.78 is 0. The number of aromatic nitrogens is 2. The number of carbonyl (C=O) groups is 2. The molecule has 0 spiro atoms. The molecule has 6 nitrogen and oxygen atoms in total. The molecule has 0 aliphatic rings. The smallest absolute Gasteiger partial charge is 0.308 e. The second-order valence-corrected chi connectivity index (χ2v) is 4.96. The van der Waals surface area contributed by atoms with Crippen LogP contribution in [0.3, 0.4) is 0 Å². The van der Waals surface area contributed by atoms with Gasteiger partial charge in [0.25, 0.3) is 5.91 Å². The van der Waals surface area contributed by atoms with Crippen LogP contribution in [0.4, 0.5) is 0 Å². The molecule has 0 saturated heterocycles. The molecule has 1 unspecified atom stereocenters. The van der Waals surface area contributed by atoms with Gasteiger partial charge in [0, 0.05) is 12.7 Å². The van der Waals surface area contributed by atoms with Crippen LogP contribution in [-0.2, 0) is 11.2 Å². The number of nitrogens with zero attached hydrogens (tertiary/aromatic N) is 2. The lowest BCUT2D eigenvalue weighted by Gasteiger charge is -2.14. The molecule has 0 bridgehead atoms. The molecule has 114 valence electrons. The van der Waals surface area contributed by atoms with Crippen molar-refractivity contribution in [3.05, 3.63) is 59.7 Å². The highest BCUT2D eigenvalue weighted by Gasteiger charge is 2.20. The van der Waals surface area contributed by atoms with Gasteiger partial charge in [-0.2, -0.15) is 0 Å². The summed E-state index contributed by atoms with van der Waals surface area (Å²) in [6.45, 7) is 1.76. The number of nitrogens with one attached hydrogen (secondary N) is 1. The number of aryl methyl sites for hydroxylation is 1. The molecule has 0 radical (unpaired) electrons. The third kappa shape index (κ3) is 4.12. The van der Waals surface area contributed by atoms with E-state index in [-0.39, 0.29) is 12.5 Å². The normalized spacial score (nSPS) is 11.7. The van der Waals surface area contributed by atoms with E-state index in [0.29, 0.717) is 17.7 Å². The van der Waals surface area contributed by atoms with Crippen molar-refractivity contribution in [2.45, 2.75) is 13.3 Å². The van der Waals surface area contributed by atoms with E-state index in [1.54, 1.807) is 6.92 Å². The summed E-state index contributed by atoms with van der Waals surface area (Å²) in [4.78, 5) is 31.2. The number of hydrogen-bond acceptors (Lipinski definition) is 4. The number of carbonyl (C=O) groups excluding carboxylic acids is 1. The predicted octanol–water partition coefficient (Wildman–Crippen LogP) is 1.46. The Kier molecular flexibility index (Phi) is 5.19. The minimum atomic E-state index is -0.940. The lowest BCUT2D eigenvalue weighted by molar-refractivity contribution is -0.141. The van der Waals surface area contributed by atoms with Crippen molar-refractivity contribution in [3.8, 4) is 0 Å². The molecule has 6 heteroatoms. The van der Waals surface area contributed by atoms with Crippen molar-refractivity contribution in [2.24, 2.45) is 5.92 Å². The van der Waals surface area contributed by atoms with Crippen LogP contribution >= 0.6 is 0 Å². The van der Waals surface area contributed by atoms with Crippen LogP contribution in [0, 0.1) is 12.8 Å². The molecule has 0 saturated carbocycles. The van der Waals surface area contributed by atoms with Gasteiger partial charge in [-0.05, 0) is 18.9 Å². The summed E-state index contributed by atoms with van der Waals surface area (Å²) in [6.07, 6.45) is 3.15. The predicted molar refractivity (Wildman–Crippen MR) is 80.4 cm³/mol. The first kappa shape index (κ1) is 15.6. The van der Waals surface area contributed by atoms with Crippen LogP contribution in [0.5, 0.6) is 0 Å². The molecule has 0 fully saturated rings. The minimum Gasteiger partial charge on any atom is -0.481 e. The molecular weight excluding hydrogens is 282 g/mol. The van der Waals surface area contributed by atoms with E-state index >= 15 is 0 Å². The zero-order valence-corrected chi connectivity index (χ0v) is 12.2. The van der Waals surface area contributed by atoms with Gasteiger partial charge in [-0.3, -0.25) is 9.59 Å². The largest absolute Gasteiger partial charge is 0.481 e. The van der Waals surface area contributed by atoms with E-state index in [9.17, 15) is 14.7 Å². The Morgan fingerprint density at radius 2 is 2.00 bits per heavy atom. The fraction of sp³-hybridized carbons (Fsp3) is 0.250. The maximum Gasteiger partial charge on any atom is 0.308 e. The molecule has 0 aliphatic carbocycles. The van der Waals surface area contributed by atoms with E-state index < -0.39 is 11.9 Å². The second kappa shape index (κ2) is 7.31. The highest BCUT2D eigenvalue weighted by molar-refractivity contribution is 5.95. The zero-order chi connectivity index (χ0) is 15.9. The second-order valence-electron chi connectivity index (χ2n) is 4.96. The van der Waals surface area contributed by atoms with E-state index in [2.05, 4.69) is 15.3 Å². The Balaban J connectivity index is 1.99. The van der Waals surface area contributed by atoms with Gasteiger partial charge < -0.3 is 10.4 Å². The fourth-order valence-corrected chi connectivity index (χ4v) is 2.07. The van der Waals surface area contributed by atoms with Crippen LogP contribution in [-0.4, -0.2) is 33.5 Å². The molecule has 0 aliphatic heterocycles. The lowest BCUT2D eigenvalue weighted by atomic mass is 9.99. The van der Waals surface area contributed by atoms with Crippen LogP contribution in [0.2, 0.25) is 0 Å². The molecular formula is C16H17N3O3. The zero-order valence-electron chi connectivity index (χ0n) is 12.2. The molecule has 1 amide bonds. The lowest BCUT2D eigenvalue weighted by Crippen LogP contribution is -2.34. The first-order valence-corrected chi connectivity index (χ1v) is 6.89. The van der Waals surface area contributed by atoms with E-state index in [4.69, 9.17) is 0 Å². The van der Waals surface area contributed by atoms with Gasteiger partial charge in [0.05, 0.1) is 17.2 Å². The van der Waals surface area contributed by atoms with E-state index in [1.165, 1.54) is 12.5 Å². The number of aliphatic carboxylic acids is 1. The van der Waals surface area contributed by atoms with Crippen LogP contribution in [0.25, 0.3) is 0 Å². The minimum absolute atomic E-state index is 0.0530. The average molecular weight is 299 g/mol. The van der Waals surface area contributed by atoms with Crippen molar-refractivity contribution in [1.29, 1.82) is 0 Å². The van der Waals surface area contributed by atoms with Crippen LogP contribution < -0.4 is 5.32 Å². The number of amides is 1. The van der Waals surface area contributed by atoms with Crippen molar-refractivity contribution in [2.75, 3.05) is 6.54 Å². The van der Waals surface area contributed by atoms with Crippen molar-refractivity contribution in [1.82, 2.24) is 15.3 Å². The first-order chi connectivity index (χ1) is 10.6. The standard InChI is InChI=1S/C16H17N3O3/c1-11-14(9-17-10-19-11)15(20)18-8-13(16(21)22)7-12-5-3-2-4-6-12/h2-6,9-10,13H,7-8H2,1H3,(H,18,20)(H,21,22). The molecule has 1 heterocycles. The summed E-state index contributed by atoms with van der Waals surface area (Å²) in [7, 11) is 0. The number of carboxylic acids is 1. The molecule has 1 aromatic heterocycles. The molecule has 1 atom stereocenters. The molecule has 2 rings (SSSR count). The Morgan fingerprint density at radius 3 is 2.64 bits per heavy atom. The Morgan fingerprint density at radius 1 is 1.27 bits per heavy atom. The van der Waals surface area contributed by atoms with E-state index in [1.807, 2.05) is 30.3 Å². The van der Waals surface area contributed by atoms with Gasteiger partial charge >= 0.3 is 5.97 Å². The number of carboxylic acid groups (broad SMARTS) is 1. The van der Waals surface area contributed by atoms with Crippen LogP contribution in [0.15, 0.2) is 42.9 Å². The van der Waals surface area contributed by atoms with Gasteiger partial charge in [-0.25, -0.2) is 9.97 Å². The van der Waals surface area contributed by atoms with Gasteiger partial charge in [0.2, 0.25) is 0 Å². The molecule has 1 aromatic carbocycles. The van der Waals surface area contributed by atoms with Crippen molar-refractivity contribution in [3.63, 3.8) is 0 Å². The van der Waals surface area contributed by atoms with Crippen LogP contribution in [0.1, 0.15) is 21.6 Å². The molecule has 2 aromatic rings. The third-order valence-electron chi connectivity index (χ3n) is 3.34. The first-order valence-electron chi connectivity index (χ1n) is 6.89. The van der Waals surface area contributed by atoms with Crippen molar-refractivity contribution >= 4 is 11.9 Å². The number of rotatable bonds is 6. The average Bonchev–Trinajstić information content (AvgIpc) is 2.52. The van der Waals surface area contributed by atoms with E-state index in [0.717, 1.165) is 5.56 Å². The Hall–Kier alpha value is -2.76. The monoisotopic (exact) mass is 299 g/mol. The topological polar surface area (TPSA) is 92.2 Å². The number of hydrogen-bond donors (Lipinski definition) is 2. The quantitative estimate of drug-likeness (QED) is 0.842. The molecule has 22 heavy (non-hydrogen) atoms. The molecule has 2 N–H and O–H groups in total. The maximum absolute atomic E-state index is 12.1. The highest BCUT2D eigenvalue weighted by atomic mass is 16.4. The maximum atomic E-state index is 12.1. The SMILES string of the molecule is Cc1ncncc1C(=O)NCC(Cc1ccccc1)C(=O)O. The Bertz CT molecular complexity index is 659. The van der Waals surface area contributed by atoms with Gasteiger partial charge in [-0.15, -0.1) is 0 Å². The summed E-state index contributed by atoms with van der Waals surface area (Å²) >= 11 is 0. The number of benzene rings is 1.